The largest absolute Gasteiger partial charge is 0.351 e. The van der Waals surface area contributed by atoms with Gasteiger partial charge in [-0.25, -0.2) is 0 Å². The van der Waals surface area contributed by atoms with Crippen molar-refractivity contribution < 1.29 is 4.79 Å². The van der Waals surface area contributed by atoms with Gasteiger partial charge in [-0.1, -0.05) is 38.1 Å². The average Bonchev–Trinajstić information content (AvgIpc) is 2.90. The molecular weight excluding hydrogens is 260 g/mol. The first-order valence-corrected chi connectivity index (χ1v) is 6.77. The maximum atomic E-state index is 11.8. The highest BCUT2D eigenvalue weighted by Crippen LogP contribution is 2.14. The molecule has 106 valence electrons. The van der Waals surface area contributed by atoms with E-state index in [1.807, 2.05) is 0 Å². The first-order valence-electron chi connectivity index (χ1n) is 6.77. The van der Waals surface area contributed by atoms with Crippen molar-refractivity contribution in [3.63, 3.8) is 0 Å². The fourth-order valence-electron chi connectivity index (χ4n) is 2.24. The molecule has 4 heteroatoms. The van der Waals surface area contributed by atoms with Crippen molar-refractivity contribution in [1.82, 2.24) is 10.6 Å². The van der Waals surface area contributed by atoms with E-state index in [1.165, 1.54) is 5.56 Å². The fraction of sp³-hybridized carbons (Fsp3) is 0.533. The molecule has 1 aromatic carbocycles. The van der Waals surface area contributed by atoms with E-state index in [-0.39, 0.29) is 24.4 Å². The third-order valence-corrected chi connectivity index (χ3v) is 3.49. The van der Waals surface area contributed by atoms with Crippen LogP contribution in [0.1, 0.15) is 43.7 Å². The quantitative estimate of drug-likeness (QED) is 0.891. The Labute approximate surface area is 121 Å². The lowest BCUT2D eigenvalue weighted by Crippen LogP contribution is -2.39. The molecule has 1 aromatic rings. The summed E-state index contributed by atoms with van der Waals surface area (Å²) < 4.78 is 0. The Morgan fingerprint density at radius 3 is 2.58 bits per heavy atom. The molecule has 0 spiro atoms. The van der Waals surface area contributed by atoms with E-state index in [4.69, 9.17) is 0 Å². The fourth-order valence-corrected chi connectivity index (χ4v) is 2.24. The van der Waals surface area contributed by atoms with Crippen LogP contribution >= 0.6 is 12.4 Å². The molecule has 0 aromatic heterocycles. The molecular formula is C15H23ClN2O. The summed E-state index contributed by atoms with van der Waals surface area (Å²) in [5.74, 6) is 0.678. The number of hydrogen-bond donors (Lipinski definition) is 2. The van der Waals surface area contributed by atoms with Crippen LogP contribution in [0, 0.1) is 0 Å². The molecule has 0 bridgehead atoms. The summed E-state index contributed by atoms with van der Waals surface area (Å²) in [4.78, 5) is 11.8. The second-order valence-corrected chi connectivity index (χ2v) is 5.26. The van der Waals surface area contributed by atoms with Gasteiger partial charge in [-0.05, 0) is 36.4 Å². The second-order valence-electron chi connectivity index (χ2n) is 5.26. The summed E-state index contributed by atoms with van der Waals surface area (Å²) >= 11 is 0. The summed E-state index contributed by atoms with van der Waals surface area (Å²) in [5, 5.41) is 6.19. The third kappa shape index (κ3) is 4.51. The van der Waals surface area contributed by atoms with Gasteiger partial charge in [0.25, 0.3) is 0 Å². The topological polar surface area (TPSA) is 41.1 Å². The van der Waals surface area contributed by atoms with Crippen LogP contribution in [-0.4, -0.2) is 18.5 Å². The van der Waals surface area contributed by atoms with Crippen LogP contribution in [0.15, 0.2) is 24.3 Å². The van der Waals surface area contributed by atoms with Crippen molar-refractivity contribution in [3.05, 3.63) is 35.4 Å². The van der Waals surface area contributed by atoms with Gasteiger partial charge in [0.05, 0.1) is 6.04 Å². The van der Waals surface area contributed by atoms with Gasteiger partial charge in [0.15, 0.2) is 0 Å². The minimum atomic E-state index is 0. The Hall–Kier alpha value is -1.06. The van der Waals surface area contributed by atoms with Crippen LogP contribution in [0.25, 0.3) is 0 Å². The first kappa shape index (κ1) is 16.0. The Bertz CT molecular complexity index is 397. The minimum Gasteiger partial charge on any atom is -0.351 e. The normalized spacial score (nSPS) is 18.2. The van der Waals surface area contributed by atoms with Crippen molar-refractivity contribution >= 4 is 18.3 Å². The molecule has 1 aliphatic rings. The van der Waals surface area contributed by atoms with Crippen LogP contribution in [0.3, 0.4) is 0 Å². The van der Waals surface area contributed by atoms with Gasteiger partial charge in [-0.2, -0.15) is 0 Å². The Balaban J connectivity index is 0.00000180. The molecule has 3 nitrogen and oxygen atoms in total. The number of amides is 1. The van der Waals surface area contributed by atoms with Gasteiger partial charge in [-0.3, -0.25) is 4.79 Å². The highest BCUT2D eigenvalue weighted by molar-refractivity contribution is 5.85. The lowest BCUT2D eigenvalue weighted by Gasteiger charge is -2.12. The summed E-state index contributed by atoms with van der Waals surface area (Å²) in [7, 11) is 0. The molecule has 1 saturated heterocycles. The molecule has 2 N–H and O–H groups in total. The molecule has 2 rings (SSSR count). The predicted octanol–water partition coefficient (Wildman–Crippen LogP) is 2.60. The van der Waals surface area contributed by atoms with Gasteiger partial charge in [-0.15, -0.1) is 12.4 Å². The number of halogens is 1. The maximum absolute atomic E-state index is 11.8. The average molecular weight is 283 g/mol. The molecule has 1 amide bonds. The van der Waals surface area contributed by atoms with Crippen molar-refractivity contribution in [2.75, 3.05) is 6.54 Å². The van der Waals surface area contributed by atoms with Gasteiger partial charge in [0.2, 0.25) is 5.91 Å². The molecule has 1 aliphatic heterocycles. The number of hydrogen-bond acceptors (Lipinski definition) is 2. The zero-order chi connectivity index (χ0) is 13.0. The Morgan fingerprint density at radius 2 is 2.05 bits per heavy atom. The SMILES string of the molecule is CC(C)c1ccc(CNC(=O)[C@@H]2CCCN2)cc1.Cl. The van der Waals surface area contributed by atoms with E-state index in [0.717, 1.165) is 24.9 Å². The van der Waals surface area contributed by atoms with E-state index >= 15 is 0 Å². The second kappa shape index (κ2) is 7.51. The molecule has 0 saturated carbocycles. The molecule has 0 radical (unpaired) electrons. The number of nitrogens with one attached hydrogen (secondary N) is 2. The molecule has 1 heterocycles. The number of benzene rings is 1. The van der Waals surface area contributed by atoms with Gasteiger partial charge < -0.3 is 10.6 Å². The van der Waals surface area contributed by atoms with Crippen molar-refractivity contribution in [2.45, 2.75) is 45.2 Å². The molecule has 19 heavy (non-hydrogen) atoms. The standard InChI is InChI=1S/C15H22N2O.ClH/c1-11(2)13-7-5-12(6-8-13)10-17-15(18)14-4-3-9-16-14;/h5-8,11,14,16H,3-4,9-10H2,1-2H3,(H,17,18);1H/t14-;/m0./s1. The van der Waals surface area contributed by atoms with Gasteiger partial charge >= 0.3 is 0 Å². The van der Waals surface area contributed by atoms with E-state index in [9.17, 15) is 4.79 Å². The predicted molar refractivity (Wildman–Crippen MR) is 80.7 cm³/mol. The third-order valence-electron chi connectivity index (χ3n) is 3.49. The monoisotopic (exact) mass is 282 g/mol. The molecule has 0 aliphatic carbocycles. The zero-order valence-electron chi connectivity index (χ0n) is 11.6. The smallest absolute Gasteiger partial charge is 0.237 e. The number of carbonyl (C=O) groups excluding carboxylic acids is 1. The minimum absolute atomic E-state index is 0. The lowest BCUT2D eigenvalue weighted by molar-refractivity contribution is -0.122. The number of rotatable bonds is 4. The van der Waals surface area contributed by atoms with E-state index in [1.54, 1.807) is 0 Å². The highest BCUT2D eigenvalue weighted by Gasteiger charge is 2.21. The summed E-state index contributed by atoms with van der Waals surface area (Å²) in [6, 6.07) is 8.48. The van der Waals surface area contributed by atoms with Crippen molar-refractivity contribution in [1.29, 1.82) is 0 Å². The van der Waals surface area contributed by atoms with Crippen LogP contribution in [0.5, 0.6) is 0 Å². The Morgan fingerprint density at radius 1 is 1.37 bits per heavy atom. The first-order chi connectivity index (χ1) is 8.66. The summed E-state index contributed by atoms with van der Waals surface area (Å²) in [5.41, 5.74) is 2.49. The van der Waals surface area contributed by atoms with Crippen molar-refractivity contribution in [3.8, 4) is 0 Å². The maximum Gasteiger partial charge on any atom is 0.237 e. The van der Waals surface area contributed by atoms with E-state index < -0.39 is 0 Å². The van der Waals surface area contributed by atoms with Crippen LogP contribution in [-0.2, 0) is 11.3 Å². The van der Waals surface area contributed by atoms with Crippen LogP contribution < -0.4 is 10.6 Å². The lowest BCUT2D eigenvalue weighted by atomic mass is 10.0. The van der Waals surface area contributed by atoms with Crippen LogP contribution in [0.2, 0.25) is 0 Å². The van der Waals surface area contributed by atoms with E-state index in [2.05, 4.69) is 48.7 Å². The molecule has 1 fully saturated rings. The van der Waals surface area contributed by atoms with Crippen LogP contribution in [0.4, 0.5) is 0 Å². The summed E-state index contributed by atoms with van der Waals surface area (Å²) in [6.07, 6.45) is 2.05. The van der Waals surface area contributed by atoms with Gasteiger partial charge in [0.1, 0.15) is 0 Å². The molecule has 0 unspecified atom stereocenters. The van der Waals surface area contributed by atoms with Crippen molar-refractivity contribution in [2.24, 2.45) is 0 Å². The van der Waals surface area contributed by atoms with E-state index in [0.29, 0.717) is 12.5 Å². The van der Waals surface area contributed by atoms with Gasteiger partial charge in [0, 0.05) is 6.54 Å². The highest BCUT2D eigenvalue weighted by atomic mass is 35.5. The molecule has 1 atom stereocenters. The summed E-state index contributed by atoms with van der Waals surface area (Å²) in [6.45, 7) is 5.95. The zero-order valence-corrected chi connectivity index (χ0v) is 12.4. The Kier molecular flexibility index (Phi) is 6.32. The number of carbonyl (C=O) groups is 1.